The minimum Gasteiger partial charge on any atom is -0.496 e. The summed E-state index contributed by atoms with van der Waals surface area (Å²) in [7, 11) is 1.52. The van der Waals surface area contributed by atoms with E-state index in [4.69, 9.17) is 13.9 Å². The van der Waals surface area contributed by atoms with Gasteiger partial charge in [0.15, 0.2) is 6.10 Å². The number of fused-ring (bicyclic) bond motifs is 1. The molecule has 0 radical (unpaired) electrons. The first-order chi connectivity index (χ1) is 13.2. The second-order valence-electron chi connectivity index (χ2n) is 5.87. The maximum atomic E-state index is 12.7. The third-order valence-electron chi connectivity index (χ3n) is 4.09. The molecule has 2 heterocycles. The SMILES string of the molecule is COc1cc2ccccc2cc1C(=O)O[C@@H](C)c1nnc(-c2cccs2)o1. The van der Waals surface area contributed by atoms with Crippen molar-refractivity contribution < 1.29 is 18.7 Å². The molecule has 0 unspecified atom stereocenters. The maximum Gasteiger partial charge on any atom is 0.342 e. The van der Waals surface area contributed by atoms with Crippen molar-refractivity contribution in [1.82, 2.24) is 10.2 Å². The number of carbonyl (C=O) groups excluding carboxylic acids is 1. The van der Waals surface area contributed by atoms with Crippen molar-refractivity contribution in [1.29, 1.82) is 0 Å². The van der Waals surface area contributed by atoms with Crippen molar-refractivity contribution in [2.75, 3.05) is 7.11 Å². The van der Waals surface area contributed by atoms with Crippen LogP contribution in [-0.2, 0) is 4.74 Å². The van der Waals surface area contributed by atoms with Crippen molar-refractivity contribution in [3.05, 3.63) is 65.4 Å². The molecule has 0 aliphatic carbocycles. The highest BCUT2D eigenvalue weighted by atomic mass is 32.1. The lowest BCUT2D eigenvalue weighted by atomic mass is 10.1. The van der Waals surface area contributed by atoms with Gasteiger partial charge >= 0.3 is 5.97 Å². The van der Waals surface area contributed by atoms with Crippen LogP contribution < -0.4 is 4.74 Å². The summed E-state index contributed by atoms with van der Waals surface area (Å²) >= 11 is 1.50. The molecule has 0 N–H and O–H groups in total. The summed E-state index contributed by atoms with van der Waals surface area (Å²) in [6.45, 7) is 1.69. The molecule has 6 nitrogen and oxygen atoms in total. The molecular weight excluding hydrogens is 364 g/mol. The number of esters is 1. The second kappa shape index (κ2) is 7.20. The standard InChI is InChI=1S/C20H16N2O4S/c1-12(18-21-22-19(26-18)17-8-5-9-27-17)25-20(23)15-10-13-6-3-4-7-14(13)11-16(15)24-2/h3-12H,1-2H3/t12-/m0/s1. The third kappa shape index (κ3) is 3.41. The van der Waals surface area contributed by atoms with Crippen LogP contribution in [0.5, 0.6) is 5.75 Å². The van der Waals surface area contributed by atoms with E-state index in [9.17, 15) is 4.79 Å². The van der Waals surface area contributed by atoms with Crippen LogP contribution >= 0.6 is 11.3 Å². The number of rotatable bonds is 5. The first-order valence-corrected chi connectivity index (χ1v) is 9.18. The van der Waals surface area contributed by atoms with Gasteiger partial charge in [0.1, 0.15) is 11.3 Å². The summed E-state index contributed by atoms with van der Waals surface area (Å²) in [6.07, 6.45) is -0.685. The van der Waals surface area contributed by atoms with Crippen molar-refractivity contribution in [2.45, 2.75) is 13.0 Å². The highest BCUT2D eigenvalue weighted by Gasteiger charge is 2.22. The minimum atomic E-state index is -0.685. The predicted molar refractivity (Wildman–Crippen MR) is 102 cm³/mol. The van der Waals surface area contributed by atoms with E-state index in [-0.39, 0.29) is 5.89 Å². The molecule has 0 aliphatic heterocycles. The van der Waals surface area contributed by atoms with Gasteiger partial charge in [-0.05, 0) is 41.3 Å². The summed E-state index contributed by atoms with van der Waals surface area (Å²) in [6, 6.07) is 15.1. The fourth-order valence-corrected chi connectivity index (χ4v) is 3.37. The summed E-state index contributed by atoms with van der Waals surface area (Å²) in [4.78, 5) is 13.6. The van der Waals surface area contributed by atoms with Crippen molar-refractivity contribution in [3.63, 3.8) is 0 Å². The lowest BCUT2D eigenvalue weighted by molar-refractivity contribution is 0.0276. The minimum absolute atomic E-state index is 0.242. The fraction of sp³-hybridized carbons (Fsp3) is 0.150. The Hall–Kier alpha value is -3.19. The third-order valence-corrected chi connectivity index (χ3v) is 4.95. The molecule has 0 spiro atoms. The van der Waals surface area contributed by atoms with Crippen LogP contribution in [-0.4, -0.2) is 23.3 Å². The molecule has 4 rings (SSSR count). The molecule has 4 aromatic rings. The van der Waals surface area contributed by atoms with Crippen molar-refractivity contribution >= 4 is 28.1 Å². The Kier molecular flexibility index (Phi) is 4.60. The molecule has 7 heteroatoms. The largest absolute Gasteiger partial charge is 0.496 e. The topological polar surface area (TPSA) is 74.5 Å². The van der Waals surface area contributed by atoms with Crippen LogP contribution in [0.1, 0.15) is 29.3 Å². The Morgan fingerprint density at radius 1 is 1.11 bits per heavy atom. The van der Waals surface area contributed by atoms with Gasteiger partial charge in [-0.25, -0.2) is 4.79 Å². The number of benzene rings is 2. The van der Waals surface area contributed by atoms with Gasteiger partial charge in [-0.3, -0.25) is 0 Å². The summed E-state index contributed by atoms with van der Waals surface area (Å²) < 4.78 is 16.5. The van der Waals surface area contributed by atoms with Crippen LogP contribution in [0.15, 0.2) is 58.3 Å². The maximum absolute atomic E-state index is 12.7. The van der Waals surface area contributed by atoms with Gasteiger partial charge in [0.05, 0.1) is 12.0 Å². The molecule has 0 amide bonds. The van der Waals surface area contributed by atoms with Gasteiger partial charge in [-0.2, -0.15) is 0 Å². The lowest BCUT2D eigenvalue weighted by Crippen LogP contribution is -2.11. The zero-order valence-corrected chi connectivity index (χ0v) is 15.5. The Morgan fingerprint density at radius 3 is 2.59 bits per heavy atom. The molecular formula is C20H16N2O4S. The molecule has 136 valence electrons. The first-order valence-electron chi connectivity index (χ1n) is 8.31. The summed E-state index contributed by atoms with van der Waals surface area (Å²) in [5.41, 5.74) is 0.348. The Morgan fingerprint density at radius 2 is 1.89 bits per heavy atom. The predicted octanol–water partition coefficient (Wildman–Crippen LogP) is 4.88. The van der Waals surface area contributed by atoms with E-state index in [1.807, 2.05) is 47.8 Å². The fourth-order valence-electron chi connectivity index (χ4n) is 2.72. The Bertz CT molecular complexity index is 1090. The first kappa shape index (κ1) is 17.2. The van der Waals surface area contributed by atoms with Gasteiger partial charge in [0.2, 0.25) is 0 Å². The molecule has 0 saturated heterocycles. The zero-order valence-electron chi connectivity index (χ0n) is 14.7. The van der Waals surface area contributed by atoms with E-state index < -0.39 is 12.1 Å². The lowest BCUT2D eigenvalue weighted by Gasteiger charge is -2.13. The van der Waals surface area contributed by atoms with E-state index in [0.717, 1.165) is 15.6 Å². The van der Waals surface area contributed by atoms with E-state index >= 15 is 0 Å². The molecule has 27 heavy (non-hydrogen) atoms. The van der Waals surface area contributed by atoms with Gasteiger partial charge in [0.25, 0.3) is 11.8 Å². The number of aromatic nitrogens is 2. The van der Waals surface area contributed by atoms with Gasteiger partial charge in [-0.15, -0.1) is 21.5 Å². The smallest absolute Gasteiger partial charge is 0.342 e. The van der Waals surface area contributed by atoms with Crippen LogP contribution in [0.2, 0.25) is 0 Å². The monoisotopic (exact) mass is 380 g/mol. The molecule has 0 saturated carbocycles. The molecule has 0 fully saturated rings. The van der Waals surface area contributed by atoms with Crippen molar-refractivity contribution in [2.24, 2.45) is 0 Å². The van der Waals surface area contributed by atoms with Crippen molar-refractivity contribution in [3.8, 4) is 16.5 Å². The number of ether oxygens (including phenoxy) is 2. The summed E-state index contributed by atoms with van der Waals surface area (Å²) in [5, 5.41) is 11.8. The van der Waals surface area contributed by atoms with E-state index in [2.05, 4.69) is 10.2 Å². The number of hydrogen-bond donors (Lipinski definition) is 0. The highest BCUT2D eigenvalue weighted by Crippen LogP contribution is 2.29. The van der Waals surface area contributed by atoms with Crippen LogP contribution in [0.25, 0.3) is 21.5 Å². The average Bonchev–Trinajstić information content (AvgIpc) is 3.38. The Labute approximate surface area is 159 Å². The number of carbonyl (C=O) groups is 1. The molecule has 2 aromatic heterocycles. The average molecular weight is 380 g/mol. The van der Waals surface area contributed by atoms with Crippen LogP contribution in [0, 0.1) is 0 Å². The second-order valence-corrected chi connectivity index (χ2v) is 6.82. The molecule has 2 aromatic carbocycles. The van der Waals surface area contributed by atoms with Crippen LogP contribution in [0.4, 0.5) is 0 Å². The van der Waals surface area contributed by atoms with Gasteiger partial charge < -0.3 is 13.9 Å². The normalized spacial score (nSPS) is 12.1. The van der Waals surface area contributed by atoms with Gasteiger partial charge in [-0.1, -0.05) is 30.3 Å². The molecule has 0 bridgehead atoms. The zero-order chi connectivity index (χ0) is 18.8. The van der Waals surface area contributed by atoms with Crippen LogP contribution in [0.3, 0.4) is 0 Å². The molecule has 0 aliphatic rings. The van der Waals surface area contributed by atoms with Gasteiger partial charge in [0, 0.05) is 0 Å². The van der Waals surface area contributed by atoms with E-state index in [1.54, 1.807) is 13.0 Å². The highest BCUT2D eigenvalue weighted by molar-refractivity contribution is 7.13. The molecule has 1 atom stereocenters. The number of methoxy groups -OCH3 is 1. The summed E-state index contributed by atoms with van der Waals surface area (Å²) in [5.74, 6) is 0.592. The quantitative estimate of drug-likeness (QED) is 0.460. The van der Waals surface area contributed by atoms with E-state index in [0.29, 0.717) is 17.2 Å². The van der Waals surface area contributed by atoms with E-state index in [1.165, 1.54) is 18.4 Å². The number of hydrogen-bond acceptors (Lipinski definition) is 7. The number of thiophene rings is 1. The number of nitrogens with zero attached hydrogens (tertiary/aromatic N) is 2. The Balaban J connectivity index is 1.57.